The van der Waals surface area contributed by atoms with Gasteiger partial charge in [0.25, 0.3) is 0 Å². The van der Waals surface area contributed by atoms with E-state index in [0.717, 1.165) is 18.4 Å². The maximum absolute atomic E-state index is 10.3. The summed E-state index contributed by atoms with van der Waals surface area (Å²) >= 11 is 0. The SMILES string of the molecule is CCC1=C[C@H]2C(C[N+](=O)[O-])=C[C@H]2C1. The average Bonchev–Trinajstić information content (AvgIpc) is 2.38. The van der Waals surface area contributed by atoms with E-state index >= 15 is 0 Å². The van der Waals surface area contributed by atoms with E-state index in [2.05, 4.69) is 19.1 Å². The van der Waals surface area contributed by atoms with Crippen LogP contribution in [0.15, 0.2) is 23.3 Å². The van der Waals surface area contributed by atoms with Gasteiger partial charge in [-0.25, -0.2) is 0 Å². The van der Waals surface area contributed by atoms with Gasteiger partial charge in [-0.05, 0) is 18.8 Å². The Kier molecular flexibility index (Phi) is 1.94. The van der Waals surface area contributed by atoms with E-state index in [1.165, 1.54) is 5.57 Å². The lowest BCUT2D eigenvalue weighted by atomic mass is 9.77. The lowest BCUT2D eigenvalue weighted by Crippen LogP contribution is -2.24. The van der Waals surface area contributed by atoms with Gasteiger partial charge in [0.15, 0.2) is 0 Å². The zero-order valence-corrected chi connectivity index (χ0v) is 7.69. The lowest BCUT2D eigenvalue weighted by molar-refractivity contribution is -0.472. The van der Waals surface area contributed by atoms with Gasteiger partial charge in [0.05, 0.1) is 0 Å². The van der Waals surface area contributed by atoms with Crippen molar-refractivity contribution in [2.24, 2.45) is 11.8 Å². The molecule has 0 spiro atoms. The maximum atomic E-state index is 10.3. The Morgan fingerprint density at radius 1 is 1.62 bits per heavy atom. The lowest BCUT2D eigenvalue weighted by Gasteiger charge is -2.27. The minimum absolute atomic E-state index is 0.0364. The molecule has 70 valence electrons. The molecule has 0 bridgehead atoms. The summed E-state index contributed by atoms with van der Waals surface area (Å²) in [5.41, 5.74) is 2.48. The minimum Gasteiger partial charge on any atom is -0.264 e. The predicted octanol–water partition coefficient (Wildman–Crippen LogP) is 2.18. The van der Waals surface area contributed by atoms with Crippen LogP contribution in [-0.4, -0.2) is 11.5 Å². The first-order valence-corrected chi connectivity index (χ1v) is 4.72. The Bertz CT molecular complexity index is 304. The summed E-state index contributed by atoms with van der Waals surface area (Å²) in [7, 11) is 0. The van der Waals surface area contributed by atoms with Gasteiger partial charge < -0.3 is 0 Å². The normalized spacial score (nSPS) is 30.2. The van der Waals surface area contributed by atoms with Gasteiger partial charge in [-0.15, -0.1) is 0 Å². The zero-order chi connectivity index (χ0) is 9.42. The van der Waals surface area contributed by atoms with Crippen molar-refractivity contribution in [1.29, 1.82) is 0 Å². The van der Waals surface area contributed by atoms with Crippen molar-refractivity contribution in [2.75, 3.05) is 6.54 Å². The van der Waals surface area contributed by atoms with E-state index in [1.54, 1.807) is 0 Å². The summed E-state index contributed by atoms with van der Waals surface area (Å²) in [5.74, 6) is 0.991. The smallest absolute Gasteiger partial charge is 0.225 e. The van der Waals surface area contributed by atoms with Crippen LogP contribution in [0.4, 0.5) is 0 Å². The number of fused-ring (bicyclic) bond motifs is 1. The first kappa shape index (κ1) is 8.48. The van der Waals surface area contributed by atoms with Crippen LogP contribution in [0.5, 0.6) is 0 Å². The monoisotopic (exact) mass is 179 g/mol. The van der Waals surface area contributed by atoms with Crippen molar-refractivity contribution in [3.05, 3.63) is 33.4 Å². The highest BCUT2D eigenvalue weighted by molar-refractivity contribution is 5.35. The van der Waals surface area contributed by atoms with E-state index in [0.29, 0.717) is 11.8 Å². The number of hydrogen-bond acceptors (Lipinski definition) is 2. The van der Waals surface area contributed by atoms with Gasteiger partial charge in [0, 0.05) is 16.4 Å². The minimum atomic E-state index is -0.236. The highest BCUT2D eigenvalue weighted by Crippen LogP contribution is 2.45. The van der Waals surface area contributed by atoms with Crippen molar-refractivity contribution >= 4 is 0 Å². The molecule has 0 aromatic rings. The molecule has 0 aliphatic heterocycles. The van der Waals surface area contributed by atoms with E-state index in [-0.39, 0.29) is 11.5 Å². The van der Waals surface area contributed by atoms with Crippen LogP contribution in [-0.2, 0) is 0 Å². The van der Waals surface area contributed by atoms with Gasteiger partial charge in [-0.2, -0.15) is 0 Å². The highest BCUT2D eigenvalue weighted by atomic mass is 16.6. The number of nitrogens with zero attached hydrogens (tertiary/aromatic N) is 1. The van der Waals surface area contributed by atoms with Crippen LogP contribution in [0.3, 0.4) is 0 Å². The summed E-state index contributed by atoms with van der Waals surface area (Å²) < 4.78 is 0. The molecule has 0 saturated heterocycles. The van der Waals surface area contributed by atoms with E-state index in [1.807, 2.05) is 0 Å². The Hall–Kier alpha value is -1.12. The van der Waals surface area contributed by atoms with Crippen molar-refractivity contribution < 1.29 is 4.92 Å². The molecule has 0 fully saturated rings. The summed E-state index contributed by atoms with van der Waals surface area (Å²) in [6.45, 7) is 2.18. The molecular formula is C10H13NO2. The fraction of sp³-hybridized carbons (Fsp3) is 0.600. The third kappa shape index (κ3) is 1.39. The summed E-state index contributed by atoms with van der Waals surface area (Å²) in [6, 6.07) is 0. The second-order valence-electron chi connectivity index (χ2n) is 3.80. The number of rotatable bonds is 3. The standard InChI is InChI=1S/C10H13NO2/c1-2-7-3-8-5-9(6-11(12)13)10(8)4-7/h4-5,8,10H,2-3,6H2,1H3/t8-,10-/m1/s1. The molecule has 2 rings (SSSR count). The number of allylic oxidation sites excluding steroid dienone is 3. The molecule has 0 aromatic heterocycles. The molecule has 0 saturated carbocycles. The average molecular weight is 179 g/mol. The Balaban J connectivity index is 2.01. The maximum Gasteiger partial charge on any atom is 0.225 e. The molecule has 0 heterocycles. The molecule has 2 atom stereocenters. The molecule has 0 N–H and O–H groups in total. The third-order valence-corrected chi connectivity index (χ3v) is 3.00. The number of nitro groups is 1. The van der Waals surface area contributed by atoms with E-state index in [9.17, 15) is 10.1 Å². The number of hydrogen-bond donors (Lipinski definition) is 0. The fourth-order valence-corrected chi connectivity index (χ4v) is 2.26. The predicted molar refractivity (Wildman–Crippen MR) is 49.9 cm³/mol. The Morgan fingerprint density at radius 3 is 3.00 bits per heavy atom. The summed E-state index contributed by atoms with van der Waals surface area (Å²) in [6.07, 6.45) is 6.52. The van der Waals surface area contributed by atoms with E-state index in [4.69, 9.17) is 0 Å². The Labute approximate surface area is 77.3 Å². The van der Waals surface area contributed by atoms with Crippen molar-refractivity contribution in [1.82, 2.24) is 0 Å². The largest absolute Gasteiger partial charge is 0.264 e. The first-order valence-electron chi connectivity index (χ1n) is 4.72. The molecule has 0 unspecified atom stereocenters. The van der Waals surface area contributed by atoms with Crippen molar-refractivity contribution in [2.45, 2.75) is 19.8 Å². The Morgan fingerprint density at radius 2 is 2.38 bits per heavy atom. The van der Waals surface area contributed by atoms with Crippen LogP contribution in [0.2, 0.25) is 0 Å². The topological polar surface area (TPSA) is 43.1 Å². The van der Waals surface area contributed by atoms with Gasteiger partial charge >= 0.3 is 0 Å². The van der Waals surface area contributed by atoms with Gasteiger partial charge in [-0.1, -0.05) is 24.6 Å². The summed E-state index contributed by atoms with van der Waals surface area (Å²) in [4.78, 5) is 10.0. The van der Waals surface area contributed by atoms with Crippen LogP contribution in [0.1, 0.15) is 19.8 Å². The molecule has 0 amide bonds. The quantitative estimate of drug-likeness (QED) is 0.378. The molecule has 3 heteroatoms. The zero-order valence-electron chi connectivity index (χ0n) is 7.69. The van der Waals surface area contributed by atoms with Crippen molar-refractivity contribution in [3.8, 4) is 0 Å². The fourth-order valence-electron chi connectivity index (χ4n) is 2.26. The highest BCUT2D eigenvalue weighted by Gasteiger charge is 2.37. The molecule has 0 aromatic carbocycles. The van der Waals surface area contributed by atoms with Crippen LogP contribution in [0, 0.1) is 22.0 Å². The molecule has 3 nitrogen and oxygen atoms in total. The first-order chi connectivity index (χ1) is 6.20. The molecule has 0 radical (unpaired) electrons. The second-order valence-corrected chi connectivity index (χ2v) is 3.80. The van der Waals surface area contributed by atoms with E-state index < -0.39 is 0 Å². The molecular weight excluding hydrogens is 166 g/mol. The van der Waals surface area contributed by atoms with Gasteiger partial charge in [-0.3, -0.25) is 10.1 Å². The van der Waals surface area contributed by atoms with Crippen LogP contribution < -0.4 is 0 Å². The van der Waals surface area contributed by atoms with Crippen LogP contribution >= 0.6 is 0 Å². The second kappa shape index (κ2) is 2.98. The molecule has 2 aliphatic rings. The van der Waals surface area contributed by atoms with Gasteiger partial charge in [0.1, 0.15) is 0 Å². The van der Waals surface area contributed by atoms with Gasteiger partial charge in [0.2, 0.25) is 6.54 Å². The third-order valence-electron chi connectivity index (χ3n) is 3.00. The van der Waals surface area contributed by atoms with Crippen LogP contribution in [0.25, 0.3) is 0 Å². The van der Waals surface area contributed by atoms with Crippen molar-refractivity contribution in [3.63, 3.8) is 0 Å². The molecule has 13 heavy (non-hydrogen) atoms. The molecule has 2 aliphatic carbocycles. The summed E-state index contributed by atoms with van der Waals surface area (Å²) in [5, 5.41) is 10.3.